The molecule has 29 heavy (non-hydrogen) atoms. The summed E-state index contributed by atoms with van der Waals surface area (Å²) >= 11 is 0. The fourth-order valence-electron chi connectivity index (χ4n) is 4.26. The van der Waals surface area contributed by atoms with Gasteiger partial charge < -0.3 is 20.3 Å². The Labute approximate surface area is 176 Å². The topological polar surface area (TPSA) is 52.1 Å². The third-order valence-corrected chi connectivity index (χ3v) is 6.14. The molecule has 0 saturated carbocycles. The van der Waals surface area contributed by atoms with Gasteiger partial charge in [0.25, 0.3) is 0 Å². The van der Waals surface area contributed by atoms with Gasteiger partial charge in [-0.05, 0) is 43.9 Å². The third kappa shape index (κ3) is 7.28. The van der Waals surface area contributed by atoms with Crippen LogP contribution in [0.1, 0.15) is 43.7 Å². The van der Waals surface area contributed by atoms with E-state index in [0.717, 1.165) is 64.4 Å². The summed E-state index contributed by atoms with van der Waals surface area (Å²) in [6.45, 7) is 11.2. The Bertz CT molecular complexity index is 629. The highest BCUT2D eigenvalue weighted by atomic mass is 16.5. The second-order valence-electron chi connectivity index (χ2n) is 8.24. The van der Waals surface area contributed by atoms with Gasteiger partial charge in [-0.15, -0.1) is 0 Å². The van der Waals surface area contributed by atoms with Crippen molar-refractivity contribution in [2.24, 2.45) is 4.99 Å². The molecule has 6 heteroatoms. The van der Waals surface area contributed by atoms with Crippen LogP contribution in [0.15, 0.2) is 29.3 Å². The molecule has 1 aromatic carbocycles. The summed E-state index contributed by atoms with van der Waals surface area (Å²) in [5.41, 5.74) is 2.72. The number of ether oxygens (including phenoxy) is 1. The molecule has 2 aliphatic rings. The Morgan fingerprint density at radius 2 is 1.90 bits per heavy atom. The number of nitrogens with zero attached hydrogens (tertiary/aromatic N) is 3. The average Bonchev–Trinajstić information content (AvgIpc) is 2.76. The lowest BCUT2D eigenvalue weighted by atomic mass is 10.0. The molecule has 2 fully saturated rings. The standard InChI is InChI=1S/C23H39N5O/c1-20-8-5-6-12-28(20)13-7-11-25-23(24-2)26-18-21-9-3-4-10-22(21)19-27-14-16-29-17-15-27/h3-4,9-10,20H,5-8,11-19H2,1-2H3,(H2,24,25,26). The minimum Gasteiger partial charge on any atom is -0.379 e. The van der Waals surface area contributed by atoms with Crippen molar-refractivity contribution >= 4 is 5.96 Å². The number of rotatable bonds is 8. The first-order valence-electron chi connectivity index (χ1n) is 11.3. The molecule has 2 aliphatic heterocycles. The Balaban J connectivity index is 1.41. The summed E-state index contributed by atoms with van der Waals surface area (Å²) in [5, 5.41) is 6.97. The molecule has 1 atom stereocenters. The number of aliphatic imine (C=N–C) groups is 1. The quantitative estimate of drug-likeness (QED) is 0.398. The van der Waals surface area contributed by atoms with E-state index >= 15 is 0 Å². The molecule has 0 amide bonds. The Hall–Kier alpha value is -1.63. The number of piperidine rings is 1. The lowest BCUT2D eigenvalue weighted by Crippen LogP contribution is -2.41. The molecule has 2 heterocycles. The van der Waals surface area contributed by atoms with E-state index in [1.54, 1.807) is 0 Å². The summed E-state index contributed by atoms with van der Waals surface area (Å²) in [6.07, 6.45) is 5.24. The van der Waals surface area contributed by atoms with Gasteiger partial charge in [-0.2, -0.15) is 0 Å². The maximum atomic E-state index is 5.47. The summed E-state index contributed by atoms with van der Waals surface area (Å²) in [6, 6.07) is 9.45. The van der Waals surface area contributed by atoms with Gasteiger partial charge in [0.15, 0.2) is 5.96 Å². The zero-order valence-electron chi connectivity index (χ0n) is 18.3. The summed E-state index contributed by atoms with van der Waals surface area (Å²) in [5.74, 6) is 0.887. The number of hydrogen-bond donors (Lipinski definition) is 2. The molecular weight excluding hydrogens is 362 g/mol. The molecule has 2 N–H and O–H groups in total. The van der Waals surface area contributed by atoms with Gasteiger partial charge in [-0.3, -0.25) is 9.89 Å². The van der Waals surface area contributed by atoms with E-state index in [1.165, 1.54) is 43.5 Å². The smallest absolute Gasteiger partial charge is 0.191 e. The van der Waals surface area contributed by atoms with Crippen LogP contribution in [0.2, 0.25) is 0 Å². The maximum Gasteiger partial charge on any atom is 0.191 e. The number of likely N-dealkylation sites (tertiary alicyclic amines) is 1. The second kappa shape index (κ2) is 12.2. The van der Waals surface area contributed by atoms with Gasteiger partial charge in [0.2, 0.25) is 0 Å². The molecule has 0 spiro atoms. The normalized spacial score (nSPS) is 21.9. The average molecular weight is 402 g/mol. The van der Waals surface area contributed by atoms with Gasteiger partial charge in [0, 0.05) is 52.4 Å². The van der Waals surface area contributed by atoms with E-state index in [0.29, 0.717) is 0 Å². The molecule has 0 radical (unpaired) electrons. The number of guanidine groups is 1. The van der Waals surface area contributed by atoms with Gasteiger partial charge in [-0.1, -0.05) is 30.7 Å². The predicted molar refractivity (Wildman–Crippen MR) is 120 cm³/mol. The molecule has 0 aliphatic carbocycles. The first kappa shape index (κ1) is 22.1. The number of hydrogen-bond acceptors (Lipinski definition) is 4. The number of morpholine rings is 1. The van der Waals surface area contributed by atoms with Gasteiger partial charge in [-0.25, -0.2) is 0 Å². The molecule has 6 nitrogen and oxygen atoms in total. The molecule has 1 aromatic rings. The van der Waals surface area contributed by atoms with Crippen LogP contribution in [0.5, 0.6) is 0 Å². The summed E-state index contributed by atoms with van der Waals surface area (Å²) < 4.78 is 5.47. The van der Waals surface area contributed by atoms with Crippen molar-refractivity contribution in [3.8, 4) is 0 Å². The van der Waals surface area contributed by atoms with Crippen molar-refractivity contribution in [3.63, 3.8) is 0 Å². The van der Waals surface area contributed by atoms with Crippen LogP contribution in [0.3, 0.4) is 0 Å². The highest BCUT2D eigenvalue weighted by molar-refractivity contribution is 5.79. The SMILES string of the molecule is CN=C(NCCCN1CCCCC1C)NCc1ccccc1CN1CCOCC1. The molecule has 0 aromatic heterocycles. The molecule has 2 saturated heterocycles. The van der Waals surface area contributed by atoms with E-state index < -0.39 is 0 Å². The van der Waals surface area contributed by atoms with E-state index in [9.17, 15) is 0 Å². The van der Waals surface area contributed by atoms with E-state index in [4.69, 9.17) is 4.74 Å². The minimum absolute atomic E-state index is 0.740. The fourth-order valence-corrected chi connectivity index (χ4v) is 4.26. The Morgan fingerprint density at radius 3 is 2.66 bits per heavy atom. The van der Waals surface area contributed by atoms with Crippen molar-refractivity contribution in [2.45, 2.75) is 51.7 Å². The Morgan fingerprint density at radius 1 is 1.10 bits per heavy atom. The minimum atomic E-state index is 0.740. The van der Waals surface area contributed by atoms with Crippen LogP contribution in [0.4, 0.5) is 0 Å². The highest BCUT2D eigenvalue weighted by Crippen LogP contribution is 2.16. The zero-order chi connectivity index (χ0) is 20.3. The van der Waals surface area contributed by atoms with E-state index in [2.05, 4.69) is 56.6 Å². The van der Waals surface area contributed by atoms with E-state index in [-0.39, 0.29) is 0 Å². The first-order valence-corrected chi connectivity index (χ1v) is 11.3. The summed E-state index contributed by atoms with van der Waals surface area (Å²) in [7, 11) is 1.85. The van der Waals surface area contributed by atoms with Gasteiger partial charge in [0.05, 0.1) is 13.2 Å². The lowest BCUT2D eigenvalue weighted by molar-refractivity contribution is 0.0341. The van der Waals surface area contributed by atoms with Crippen molar-refractivity contribution in [1.82, 2.24) is 20.4 Å². The van der Waals surface area contributed by atoms with Crippen molar-refractivity contribution < 1.29 is 4.74 Å². The van der Waals surface area contributed by atoms with Crippen molar-refractivity contribution in [1.29, 1.82) is 0 Å². The van der Waals surface area contributed by atoms with Crippen LogP contribution in [-0.2, 0) is 17.8 Å². The monoisotopic (exact) mass is 401 g/mol. The predicted octanol–water partition coefficient (Wildman–Crippen LogP) is 2.45. The fraction of sp³-hybridized carbons (Fsp3) is 0.696. The zero-order valence-corrected chi connectivity index (χ0v) is 18.3. The number of benzene rings is 1. The molecule has 162 valence electrons. The molecule has 1 unspecified atom stereocenters. The van der Waals surface area contributed by atoms with Crippen LogP contribution in [-0.4, -0.2) is 74.8 Å². The maximum absolute atomic E-state index is 5.47. The largest absolute Gasteiger partial charge is 0.379 e. The van der Waals surface area contributed by atoms with Gasteiger partial charge >= 0.3 is 0 Å². The number of nitrogens with one attached hydrogen (secondary N) is 2. The molecule has 0 bridgehead atoms. The molecule has 3 rings (SSSR count). The van der Waals surface area contributed by atoms with Crippen LogP contribution >= 0.6 is 0 Å². The lowest BCUT2D eigenvalue weighted by Gasteiger charge is -2.33. The van der Waals surface area contributed by atoms with Crippen molar-refractivity contribution in [3.05, 3.63) is 35.4 Å². The first-order chi connectivity index (χ1) is 14.3. The third-order valence-electron chi connectivity index (χ3n) is 6.14. The Kier molecular flexibility index (Phi) is 9.25. The van der Waals surface area contributed by atoms with Gasteiger partial charge in [0.1, 0.15) is 0 Å². The van der Waals surface area contributed by atoms with E-state index in [1.807, 2.05) is 7.05 Å². The molecular formula is C23H39N5O. The highest BCUT2D eigenvalue weighted by Gasteiger charge is 2.17. The second-order valence-corrected chi connectivity index (χ2v) is 8.24. The van der Waals surface area contributed by atoms with Crippen LogP contribution < -0.4 is 10.6 Å². The summed E-state index contributed by atoms with van der Waals surface area (Å²) in [4.78, 5) is 9.50. The van der Waals surface area contributed by atoms with Crippen LogP contribution in [0, 0.1) is 0 Å². The van der Waals surface area contributed by atoms with Crippen LogP contribution in [0.25, 0.3) is 0 Å². The van der Waals surface area contributed by atoms with Crippen molar-refractivity contribution in [2.75, 3.05) is 53.0 Å².